The van der Waals surface area contributed by atoms with Gasteiger partial charge in [-0.15, -0.1) is 0 Å². The van der Waals surface area contributed by atoms with Crippen LogP contribution >= 0.6 is 0 Å². The first kappa shape index (κ1) is 8.61. The molecule has 0 unspecified atom stereocenters. The number of phenols is 1. The van der Waals surface area contributed by atoms with Gasteiger partial charge in [-0.05, 0) is 30.2 Å². The fraction of sp³-hybridized carbons (Fsp3) is 0.300. The summed E-state index contributed by atoms with van der Waals surface area (Å²) < 4.78 is 0. The predicted octanol–water partition coefficient (Wildman–Crippen LogP) is 2.22. The van der Waals surface area contributed by atoms with Crippen LogP contribution in [0.2, 0.25) is 0 Å². The van der Waals surface area contributed by atoms with Gasteiger partial charge in [0.25, 0.3) is 0 Å². The normalized spacial score (nSPS) is 9.33. The highest BCUT2D eigenvalue weighted by Gasteiger charge is 2.00. The van der Waals surface area contributed by atoms with Gasteiger partial charge in [-0.2, -0.15) is 5.26 Å². The minimum Gasteiger partial charge on any atom is -0.508 e. The van der Waals surface area contributed by atoms with Gasteiger partial charge in [0.05, 0.1) is 11.6 Å². The molecular weight excluding hydrogens is 150 g/mol. The highest BCUT2D eigenvalue weighted by molar-refractivity contribution is 5.42. The van der Waals surface area contributed by atoms with E-state index >= 15 is 0 Å². The third kappa shape index (κ3) is 1.76. The Morgan fingerprint density at radius 1 is 1.50 bits per heavy atom. The molecule has 1 aromatic rings. The number of nitrogens with zero attached hydrogens (tertiary/aromatic N) is 1. The van der Waals surface area contributed by atoms with Crippen molar-refractivity contribution in [1.29, 1.82) is 5.26 Å². The van der Waals surface area contributed by atoms with E-state index in [4.69, 9.17) is 10.4 Å². The third-order valence-electron chi connectivity index (χ3n) is 1.73. The molecule has 0 bridgehead atoms. The van der Waals surface area contributed by atoms with E-state index in [1.54, 1.807) is 12.1 Å². The standard InChI is InChI=1S/C10H11NO/c1-2-3-8-6-10(12)5-4-9(8)7-11/h4-6,12H,2-3H2,1H3. The first-order chi connectivity index (χ1) is 5.77. The quantitative estimate of drug-likeness (QED) is 0.722. The van der Waals surface area contributed by atoms with Gasteiger partial charge < -0.3 is 5.11 Å². The molecule has 0 atom stereocenters. The van der Waals surface area contributed by atoms with Crippen LogP contribution in [-0.2, 0) is 6.42 Å². The molecule has 1 N–H and O–H groups in total. The Hall–Kier alpha value is -1.49. The molecule has 0 amide bonds. The van der Waals surface area contributed by atoms with E-state index in [1.807, 2.05) is 6.92 Å². The molecule has 0 aliphatic carbocycles. The van der Waals surface area contributed by atoms with Crippen LogP contribution in [-0.4, -0.2) is 5.11 Å². The van der Waals surface area contributed by atoms with Crippen LogP contribution in [0, 0.1) is 11.3 Å². The minimum atomic E-state index is 0.234. The molecule has 0 saturated carbocycles. The van der Waals surface area contributed by atoms with Gasteiger partial charge >= 0.3 is 0 Å². The lowest BCUT2D eigenvalue weighted by Crippen LogP contribution is -1.88. The number of aryl methyl sites for hydroxylation is 1. The fourth-order valence-electron chi connectivity index (χ4n) is 1.17. The van der Waals surface area contributed by atoms with Crippen molar-refractivity contribution < 1.29 is 5.11 Å². The van der Waals surface area contributed by atoms with Gasteiger partial charge in [0.15, 0.2) is 0 Å². The van der Waals surface area contributed by atoms with Crippen LogP contribution in [0.3, 0.4) is 0 Å². The van der Waals surface area contributed by atoms with Crippen molar-refractivity contribution in [3.63, 3.8) is 0 Å². The second kappa shape index (κ2) is 3.77. The summed E-state index contributed by atoms with van der Waals surface area (Å²) in [5.41, 5.74) is 1.59. The van der Waals surface area contributed by atoms with E-state index in [9.17, 15) is 0 Å². The van der Waals surface area contributed by atoms with E-state index in [2.05, 4.69) is 6.07 Å². The molecule has 0 spiro atoms. The van der Waals surface area contributed by atoms with Gasteiger partial charge in [-0.25, -0.2) is 0 Å². The van der Waals surface area contributed by atoms with Gasteiger partial charge in [-0.1, -0.05) is 13.3 Å². The molecule has 0 heterocycles. The van der Waals surface area contributed by atoms with Crippen molar-refractivity contribution in [2.75, 3.05) is 0 Å². The summed E-state index contributed by atoms with van der Waals surface area (Å²) in [5, 5.41) is 17.9. The molecule has 62 valence electrons. The minimum absolute atomic E-state index is 0.234. The Kier molecular flexibility index (Phi) is 2.71. The average Bonchev–Trinajstić information content (AvgIpc) is 2.05. The number of nitriles is 1. The monoisotopic (exact) mass is 161 g/mol. The van der Waals surface area contributed by atoms with Crippen molar-refractivity contribution in [3.05, 3.63) is 29.3 Å². The van der Waals surface area contributed by atoms with Crippen molar-refractivity contribution in [2.24, 2.45) is 0 Å². The van der Waals surface area contributed by atoms with Crippen LogP contribution in [0.25, 0.3) is 0 Å². The highest BCUT2D eigenvalue weighted by Crippen LogP contribution is 2.17. The second-order valence-corrected chi connectivity index (χ2v) is 2.70. The first-order valence-electron chi connectivity index (χ1n) is 4.00. The molecular formula is C10H11NO. The van der Waals surface area contributed by atoms with Gasteiger partial charge in [-0.3, -0.25) is 0 Å². The summed E-state index contributed by atoms with van der Waals surface area (Å²) in [4.78, 5) is 0. The summed E-state index contributed by atoms with van der Waals surface area (Å²) in [6.07, 6.45) is 1.83. The van der Waals surface area contributed by atoms with Crippen molar-refractivity contribution >= 4 is 0 Å². The lowest BCUT2D eigenvalue weighted by Gasteiger charge is -2.01. The average molecular weight is 161 g/mol. The van der Waals surface area contributed by atoms with Gasteiger partial charge in [0.2, 0.25) is 0 Å². The zero-order chi connectivity index (χ0) is 8.97. The van der Waals surface area contributed by atoms with Crippen molar-refractivity contribution in [2.45, 2.75) is 19.8 Å². The molecule has 0 aliphatic heterocycles. The maximum Gasteiger partial charge on any atom is 0.115 e. The van der Waals surface area contributed by atoms with Crippen LogP contribution in [0.15, 0.2) is 18.2 Å². The number of benzene rings is 1. The van der Waals surface area contributed by atoms with Gasteiger partial charge in [0.1, 0.15) is 5.75 Å². The van der Waals surface area contributed by atoms with E-state index in [0.29, 0.717) is 5.56 Å². The molecule has 2 nitrogen and oxygen atoms in total. The summed E-state index contributed by atoms with van der Waals surface area (Å²) in [5.74, 6) is 0.234. The summed E-state index contributed by atoms with van der Waals surface area (Å²) in [6.45, 7) is 2.05. The van der Waals surface area contributed by atoms with Crippen molar-refractivity contribution in [1.82, 2.24) is 0 Å². The molecule has 2 heteroatoms. The van der Waals surface area contributed by atoms with Crippen LogP contribution in [0.5, 0.6) is 5.75 Å². The lowest BCUT2D eigenvalue weighted by molar-refractivity contribution is 0.474. The zero-order valence-corrected chi connectivity index (χ0v) is 7.04. The third-order valence-corrected chi connectivity index (χ3v) is 1.73. The maximum absolute atomic E-state index is 9.15. The van der Waals surface area contributed by atoms with Crippen LogP contribution in [0.4, 0.5) is 0 Å². The summed E-state index contributed by atoms with van der Waals surface area (Å²) in [6, 6.07) is 6.94. The molecule has 1 aromatic carbocycles. The molecule has 0 radical (unpaired) electrons. The largest absolute Gasteiger partial charge is 0.508 e. The Morgan fingerprint density at radius 3 is 2.83 bits per heavy atom. The van der Waals surface area contributed by atoms with Gasteiger partial charge in [0, 0.05) is 0 Å². The smallest absolute Gasteiger partial charge is 0.115 e. The SMILES string of the molecule is CCCc1cc(O)ccc1C#N. The maximum atomic E-state index is 9.15. The first-order valence-corrected chi connectivity index (χ1v) is 4.00. The Labute approximate surface area is 72.1 Å². The van der Waals surface area contributed by atoms with Crippen LogP contribution < -0.4 is 0 Å². The lowest BCUT2D eigenvalue weighted by atomic mass is 10.0. The molecule has 1 rings (SSSR count). The van der Waals surface area contributed by atoms with E-state index < -0.39 is 0 Å². The van der Waals surface area contributed by atoms with E-state index in [0.717, 1.165) is 18.4 Å². The highest BCUT2D eigenvalue weighted by atomic mass is 16.3. The molecule has 0 aliphatic rings. The van der Waals surface area contributed by atoms with E-state index in [1.165, 1.54) is 6.07 Å². The topological polar surface area (TPSA) is 44.0 Å². The number of hydrogen-bond donors (Lipinski definition) is 1. The number of aromatic hydroxyl groups is 1. The van der Waals surface area contributed by atoms with Crippen LogP contribution in [0.1, 0.15) is 24.5 Å². The Balaban J connectivity index is 3.06. The zero-order valence-electron chi connectivity index (χ0n) is 7.04. The summed E-state index contributed by atoms with van der Waals surface area (Å²) in [7, 11) is 0. The second-order valence-electron chi connectivity index (χ2n) is 2.70. The predicted molar refractivity (Wildman–Crippen MR) is 46.8 cm³/mol. The fourth-order valence-corrected chi connectivity index (χ4v) is 1.17. The van der Waals surface area contributed by atoms with Crippen molar-refractivity contribution in [3.8, 4) is 11.8 Å². The summed E-state index contributed by atoms with van der Waals surface area (Å²) >= 11 is 0. The number of hydrogen-bond acceptors (Lipinski definition) is 2. The number of rotatable bonds is 2. The number of phenolic OH excluding ortho intramolecular Hbond substituents is 1. The molecule has 0 saturated heterocycles. The molecule has 0 aromatic heterocycles. The Morgan fingerprint density at radius 2 is 2.25 bits per heavy atom. The molecule has 12 heavy (non-hydrogen) atoms. The van der Waals surface area contributed by atoms with E-state index in [-0.39, 0.29) is 5.75 Å². The Bertz CT molecular complexity index is 312. The molecule has 0 fully saturated rings.